The van der Waals surface area contributed by atoms with Crippen molar-refractivity contribution in [1.82, 2.24) is 5.43 Å². The molecule has 2 N–H and O–H groups in total. The molecule has 1 aromatic rings. The molecule has 110 valence electrons. The van der Waals surface area contributed by atoms with Gasteiger partial charge in [0.2, 0.25) is 0 Å². The van der Waals surface area contributed by atoms with Crippen LogP contribution < -0.4 is 10.4 Å². The molecule has 7 nitrogen and oxygen atoms in total. The van der Waals surface area contributed by atoms with E-state index in [-0.39, 0.29) is 19.0 Å². The predicted molar refractivity (Wildman–Crippen MR) is 80.5 cm³/mol. The minimum Gasteiger partial charge on any atom is -0.508 e. The Bertz CT molecular complexity index is 495. The maximum Gasteiger partial charge on any atom is 0.433 e. The number of benzene rings is 1. The number of anilines is 1. The highest BCUT2D eigenvalue weighted by molar-refractivity contribution is 14.1. The number of nitrogens with zero attached hydrogens (tertiary/aromatic N) is 1. The third-order valence-electron chi connectivity index (χ3n) is 2.10. The van der Waals surface area contributed by atoms with Gasteiger partial charge in [0.1, 0.15) is 5.75 Å². The van der Waals surface area contributed by atoms with Gasteiger partial charge in [-0.15, -0.1) is 0 Å². The molecule has 20 heavy (non-hydrogen) atoms. The molecule has 1 rings (SSSR count). The van der Waals surface area contributed by atoms with Gasteiger partial charge in [0.25, 0.3) is 0 Å². The zero-order valence-corrected chi connectivity index (χ0v) is 13.2. The van der Waals surface area contributed by atoms with Crippen molar-refractivity contribution >= 4 is 40.5 Å². The van der Waals surface area contributed by atoms with E-state index in [0.717, 1.165) is 5.01 Å². The Morgan fingerprint density at radius 1 is 1.30 bits per heavy atom. The normalized spacial score (nSPS) is 9.75. The van der Waals surface area contributed by atoms with E-state index < -0.39 is 12.2 Å². The van der Waals surface area contributed by atoms with E-state index in [1.807, 2.05) is 22.6 Å². The molecule has 0 aliphatic rings. The van der Waals surface area contributed by atoms with Crippen LogP contribution in [0, 0.1) is 3.57 Å². The number of carbonyl (C=O) groups excluding carboxylic acids is 2. The SMILES string of the molecule is CCOC(=O)NN(C(=O)OCC)c1ccc(O)cc1I. The van der Waals surface area contributed by atoms with Gasteiger partial charge in [-0.3, -0.25) is 0 Å². The van der Waals surface area contributed by atoms with Crippen LogP contribution in [0.1, 0.15) is 13.8 Å². The number of aromatic hydroxyl groups is 1. The molecular weight excluding hydrogens is 379 g/mol. The third kappa shape index (κ3) is 4.44. The summed E-state index contributed by atoms with van der Waals surface area (Å²) in [6.07, 6.45) is -1.52. The van der Waals surface area contributed by atoms with Crippen molar-refractivity contribution < 1.29 is 24.2 Å². The minimum atomic E-state index is -0.774. The first kappa shape index (κ1) is 16.3. The largest absolute Gasteiger partial charge is 0.508 e. The van der Waals surface area contributed by atoms with E-state index >= 15 is 0 Å². The van der Waals surface area contributed by atoms with Crippen LogP contribution in [0.4, 0.5) is 15.3 Å². The fraction of sp³-hybridized carbons (Fsp3) is 0.333. The van der Waals surface area contributed by atoms with Gasteiger partial charge in [-0.2, -0.15) is 5.01 Å². The van der Waals surface area contributed by atoms with E-state index in [9.17, 15) is 14.7 Å². The van der Waals surface area contributed by atoms with E-state index in [2.05, 4.69) is 5.43 Å². The van der Waals surface area contributed by atoms with Crippen LogP contribution in [-0.2, 0) is 9.47 Å². The van der Waals surface area contributed by atoms with Gasteiger partial charge in [-0.1, -0.05) is 0 Å². The number of hydrogen-bond acceptors (Lipinski definition) is 5. The summed E-state index contributed by atoms with van der Waals surface area (Å²) in [4.78, 5) is 23.4. The summed E-state index contributed by atoms with van der Waals surface area (Å²) >= 11 is 1.93. The molecule has 1 aromatic carbocycles. The number of phenolic OH excluding ortho intramolecular Hbond substituents is 1. The number of nitrogens with one attached hydrogen (secondary N) is 1. The second-order valence-electron chi connectivity index (χ2n) is 3.50. The highest BCUT2D eigenvalue weighted by Crippen LogP contribution is 2.26. The molecule has 2 amide bonds. The van der Waals surface area contributed by atoms with E-state index in [4.69, 9.17) is 9.47 Å². The van der Waals surface area contributed by atoms with Crippen molar-refractivity contribution in [2.24, 2.45) is 0 Å². The fourth-order valence-electron chi connectivity index (χ4n) is 1.32. The Morgan fingerprint density at radius 3 is 2.50 bits per heavy atom. The molecule has 0 saturated heterocycles. The second-order valence-corrected chi connectivity index (χ2v) is 4.66. The zero-order valence-electron chi connectivity index (χ0n) is 11.1. The lowest BCUT2D eigenvalue weighted by Crippen LogP contribution is -2.47. The highest BCUT2D eigenvalue weighted by atomic mass is 127. The molecule has 0 atom stereocenters. The molecule has 0 aromatic heterocycles. The molecule has 0 aliphatic carbocycles. The second kappa shape index (κ2) is 7.78. The number of amides is 2. The van der Waals surface area contributed by atoms with Crippen molar-refractivity contribution in [3.05, 3.63) is 21.8 Å². The van der Waals surface area contributed by atoms with Crippen LogP contribution in [0.25, 0.3) is 0 Å². The standard InChI is InChI=1S/C12H15IN2O5/c1-3-19-11(17)14-15(12(18)20-4-2)10-6-5-8(16)7-9(10)13/h5-7,16H,3-4H2,1-2H3,(H,14,17). The van der Waals surface area contributed by atoms with Crippen molar-refractivity contribution in [2.45, 2.75) is 13.8 Å². The first-order valence-electron chi connectivity index (χ1n) is 5.88. The lowest BCUT2D eigenvalue weighted by atomic mass is 10.3. The number of halogens is 1. The van der Waals surface area contributed by atoms with E-state index in [1.54, 1.807) is 13.8 Å². The summed E-state index contributed by atoms with van der Waals surface area (Å²) in [6, 6.07) is 4.34. The number of hydrazine groups is 1. The van der Waals surface area contributed by atoms with Gasteiger partial charge in [0, 0.05) is 3.57 Å². The molecule has 0 fully saturated rings. The lowest BCUT2D eigenvalue weighted by molar-refractivity contribution is 0.138. The van der Waals surface area contributed by atoms with Gasteiger partial charge >= 0.3 is 12.2 Å². The monoisotopic (exact) mass is 394 g/mol. The Balaban J connectivity index is 3.02. The number of ether oxygens (including phenoxy) is 2. The molecule has 0 unspecified atom stereocenters. The topological polar surface area (TPSA) is 88.1 Å². The molecule has 0 radical (unpaired) electrons. The van der Waals surface area contributed by atoms with Gasteiger partial charge < -0.3 is 14.6 Å². The Kier molecular flexibility index (Phi) is 6.36. The number of carbonyl (C=O) groups is 2. The zero-order chi connectivity index (χ0) is 15.1. The van der Waals surface area contributed by atoms with Crippen LogP contribution in [0.3, 0.4) is 0 Å². The van der Waals surface area contributed by atoms with Gasteiger partial charge in [-0.05, 0) is 54.6 Å². The van der Waals surface area contributed by atoms with Crippen LogP contribution >= 0.6 is 22.6 Å². The predicted octanol–water partition coefficient (Wildman–Crippen LogP) is 2.62. The first-order valence-corrected chi connectivity index (χ1v) is 6.96. The molecule has 0 heterocycles. The summed E-state index contributed by atoms with van der Waals surface area (Å²) in [5.74, 6) is 0.0538. The van der Waals surface area contributed by atoms with E-state index in [0.29, 0.717) is 9.26 Å². The minimum absolute atomic E-state index is 0.0538. The number of rotatable bonds is 3. The number of phenols is 1. The van der Waals surface area contributed by atoms with Gasteiger partial charge in [0.15, 0.2) is 0 Å². The maximum atomic E-state index is 11.9. The Morgan fingerprint density at radius 2 is 1.95 bits per heavy atom. The molecular formula is C12H15IN2O5. The molecule has 0 bridgehead atoms. The van der Waals surface area contributed by atoms with Crippen LogP contribution in [0.2, 0.25) is 0 Å². The average molecular weight is 394 g/mol. The highest BCUT2D eigenvalue weighted by Gasteiger charge is 2.22. The summed E-state index contributed by atoms with van der Waals surface area (Å²) in [5, 5.41) is 10.3. The number of hydrogen-bond donors (Lipinski definition) is 2. The quantitative estimate of drug-likeness (QED) is 0.608. The average Bonchev–Trinajstić information content (AvgIpc) is 2.37. The Labute approximate surface area is 130 Å². The smallest absolute Gasteiger partial charge is 0.433 e. The van der Waals surface area contributed by atoms with Crippen molar-refractivity contribution in [3.8, 4) is 5.75 Å². The van der Waals surface area contributed by atoms with Gasteiger partial charge in [-0.25, -0.2) is 15.0 Å². The summed E-state index contributed by atoms with van der Waals surface area (Å²) in [5.41, 5.74) is 2.66. The van der Waals surface area contributed by atoms with Crippen molar-refractivity contribution in [3.63, 3.8) is 0 Å². The third-order valence-corrected chi connectivity index (χ3v) is 2.97. The van der Waals surface area contributed by atoms with Crippen LogP contribution in [-0.4, -0.2) is 30.5 Å². The Hall–Kier alpha value is -1.71. The van der Waals surface area contributed by atoms with Gasteiger partial charge in [0.05, 0.1) is 18.9 Å². The molecule has 0 saturated carbocycles. The van der Waals surface area contributed by atoms with Crippen LogP contribution in [0.5, 0.6) is 5.75 Å². The molecule has 0 spiro atoms. The van der Waals surface area contributed by atoms with Crippen molar-refractivity contribution in [1.29, 1.82) is 0 Å². The van der Waals surface area contributed by atoms with Crippen LogP contribution in [0.15, 0.2) is 18.2 Å². The molecule has 8 heteroatoms. The maximum absolute atomic E-state index is 11.9. The summed E-state index contributed by atoms with van der Waals surface area (Å²) in [7, 11) is 0. The summed E-state index contributed by atoms with van der Waals surface area (Å²) < 4.78 is 10.2. The first-order chi connectivity index (χ1) is 9.49. The fourth-order valence-corrected chi connectivity index (χ4v) is 2.06. The van der Waals surface area contributed by atoms with E-state index in [1.165, 1.54) is 18.2 Å². The lowest BCUT2D eigenvalue weighted by Gasteiger charge is -2.23. The molecule has 0 aliphatic heterocycles. The van der Waals surface area contributed by atoms with Crippen molar-refractivity contribution in [2.75, 3.05) is 18.2 Å². The summed E-state index contributed by atoms with van der Waals surface area (Å²) in [6.45, 7) is 3.64.